The number of nitro groups is 1. The van der Waals surface area contributed by atoms with Crippen molar-refractivity contribution >= 4 is 34.3 Å². The summed E-state index contributed by atoms with van der Waals surface area (Å²) in [5.41, 5.74) is 0.708. The van der Waals surface area contributed by atoms with Crippen LogP contribution in [0.15, 0.2) is 29.8 Å². The molecule has 1 unspecified atom stereocenters. The van der Waals surface area contributed by atoms with E-state index in [1.54, 1.807) is 23.5 Å². The lowest BCUT2D eigenvalue weighted by molar-refractivity contribution is -0.384. The number of piperazine rings is 1. The molecule has 0 saturated carbocycles. The standard InChI is InChI=1S/C15H17ClN4O2S/c1-11(15-17-4-9-23-15)18-5-7-19(8-6-18)13-3-2-12(16)10-14(13)20(21)22/h2-4,9-11H,5-8H2,1H3. The summed E-state index contributed by atoms with van der Waals surface area (Å²) in [5.74, 6) is 0. The zero-order valence-electron chi connectivity index (χ0n) is 12.7. The lowest BCUT2D eigenvalue weighted by Crippen LogP contribution is -2.47. The van der Waals surface area contributed by atoms with Crippen LogP contribution in [0.25, 0.3) is 0 Å². The molecule has 1 aliphatic rings. The van der Waals surface area contributed by atoms with E-state index in [-0.39, 0.29) is 16.7 Å². The molecule has 8 heteroatoms. The van der Waals surface area contributed by atoms with Crippen molar-refractivity contribution in [3.8, 4) is 0 Å². The van der Waals surface area contributed by atoms with E-state index in [1.165, 1.54) is 6.07 Å². The number of nitro benzene ring substituents is 1. The average molecular weight is 353 g/mol. The Hall–Kier alpha value is -1.70. The van der Waals surface area contributed by atoms with Gasteiger partial charge in [-0.2, -0.15) is 0 Å². The maximum atomic E-state index is 11.2. The number of rotatable bonds is 4. The van der Waals surface area contributed by atoms with Crippen molar-refractivity contribution in [3.05, 3.63) is 49.9 Å². The first-order valence-corrected chi connectivity index (χ1v) is 8.64. The fourth-order valence-corrected chi connectivity index (χ4v) is 3.75. The van der Waals surface area contributed by atoms with Crippen molar-refractivity contribution in [1.82, 2.24) is 9.88 Å². The topological polar surface area (TPSA) is 62.5 Å². The number of halogens is 1. The second-order valence-corrected chi connectivity index (χ2v) is 6.82. The van der Waals surface area contributed by atoms with Gasteiger partial charge in [0, 0.05) is 48.8 Å². The summed E-state index contributed by atoms with van der Waals surface area (Å²) in [6.07, 6.45) is 1.82. The molecular weight excluding hydrogens is 336 g/mol. The van der Waals surface area contributed by atoms with Crippen molar-refractivity contribution < 1.29 is 4.92 Å². The van der Waals surface area contributed by atoms with Gasteiger partial charge in [0.25, 0.3) is 5.69 Å². The minimum Gasteiger partial charge on any atom is -0.363 e. The second-order valence-electron chi connectivity index (χ2n) is 5.46. The van der Waals surface area contributed by atoms with Crippen molar-refractivity contribution in [2.75, 3.05) is 31.1 Å². The molecule has 0 bridgehead atoms. The van der Waals surface area contributed by atoms with Gasteiger partial charge >= 0.3 is 0 Å². The third-order valence-corrected chi connectivity index (χ3v) is 5.33. The van der Waals surface area contributed by atoms with Crippen LogP contribution in [0.3, 0.4) is 0 Å². The molecule has 0 N–H and O–H groups in total. The highest BCUT2D eigenvalue weighted by molar-refractivity contribution is 7.09. The van der Waals surface area contributed by atoms with Crippen molar-refractivity contribution in [1.29, 1.82) is 0 Å². The van der Waals surface area contributed by atoms with Crippen LogP contribution in [-0.2, 0) is 0 Å². The molecule has 1 fully saturated rings. The van der Waals surface area contributed by atoms with Crippen LogP contribution in [0.4, 0.5) is 11.4 Å². The van der Waals surface area contributed by atoms with Gasteiger partial charge in [0.1, 0.15) is 10.7 Å². The van der Waals surface area contributed by atoms with Gasteiger partial charge in [0.2, 0.25) is 0 Å². The van der Waals surface area contributed by atoms with Crippen molar-refractivity contribution in [2.24, 2.45) is 0 Å². The second kappa shape index (κ2) is 6.82. The first-order valence-electron chi connectivity index (χ1n) is 7.38. The Morgan fingerprint density at radius 3 is 2.70 bits per heavy atom. The quantitative estimate of drug-likeness (QED) is 0.621. The van der Waals surface area contributed by atoms with E-state index in [0.717, 1.165) is 31.2 Å². The van der Waals surface area contributed by atoms with E-state index >= 15 is 0 Å². The molecule has 0 spiro atoms. The Morgan fingerprint density at radius 2 is 2.09 bits per heavy atom. The lowest BCUT2D eigenvalue weighted by atomic mass is 10.2. The molecule has 1 aliphatic heterocycles. The molecule has 1 aromatic carbocycles. The molecule has 1 atom stereocenters. The summed E-state index contributed by atoms with van der Waals surface area (Å²) in [4.78, 5) is 19.7. The Kier molecular flexibility index (Phi) is 4.79. The number of hydrogen-bond acceptors (Lipinski definition) is 6. The Bertz CT molecular complexity index is 687. The van der Waals surface area contributed by atoms with Gasteiger partial charge in [0.05, 0.1) is 11.0 Å². The monoisotopic (exact) mass is 352 g/mol. The molecule has 6 nitrogen and oxygen atoms in total. The van der Waals surface area contributed by atoms with E-state index in [1.807, 2.05) is 11.6 Å². The van der Waals surface area contributed by atoms with Crippen LogP contribution < -0.4 is 4.90 Å². The molecule has 3 rings (SSSR count). The number of thiazole rings is 1. The van der Waals surface area contributed by atoms with Crippen LogP contribution in [-0.4, -0.2) is 41.0 Å². The first-order chi connectivity index (χ1) is 11.1. The molecule has 1 saturated heterocycles. The molecule has 1 aromatic heterocycles. The molecular formula is C15H17ClN4O2S. The molecule has 0 aliphatic carbocycles. The van der Waals surface area contributed by atoms with Gasteiger partial charge in [-0.05, 0) is 19.1 Å². The molecule has 2 aromatic rings. The van der Waals surface area contributed by atoms with Crippen LogP contribution >= 0.6 is 22.9 Å². The molecule has 23 heavy (non-hydrogen) atoms. The minimum atomic E-state index is -0.369. The fourth-order valence-electron chi connectivity index (χ4n) is 2.86. The van der Waals surface area contributed by atoms with Crippen LogP contribution in [0.5, 0.6) is 0 Å². The number of benzene rings is 1. The molecule has 2 heterocycles. The highest BCUT2D eigenvalue weighted by Crippen LogP contribution is 2.32. The molecule has 0 amide bonds. The molecule has 122 valence electrons. The largest absolute Gasteiger partial charge is 0.363 e. The van der Waals surface area contributed by atoms with Crippen LogP contribution in [0.2, 0.25) is 5.02 Å². The smallest absolute Gasteiger partial charge is 0.294 e. The van der Waals surface area contributed by atoms with E-state index in [0.29, 0.717) is 10.7 Å². The highest BCUT2D eigenvalue weighted by Gasteiger charge is 2.27. The van der Waals surface area contributed by atoms with E-state index in [9.17, 15) is 10.1 Å². The van der Waals surface area contributed by atoms with Gasteiger partial charge in [-0.1, -0.05) is 11.6 Å². The molecule has 0 radical (unpaired) electrons. The third-order valence-electron chi connectivity index (χ3n) is 4.15. The summed E-state index contributed by atoms with van der Waals surface area (Å²) in [7, 11) is 0. The summed E-state index contributed by atoms with van der Waals surface area (Å²) >= 11 is 7.54. The first kappa shape index (κ1) is 16.2. The zero-order valence-corrected chi connectivity index (χ0v) is 14.3. The summed E-state index contributed by atoms with van der Waals surface area (Å²) < 4.78 is 0. The minimum absolute atomic E-state index is 0.0684. The summed E-state index contributed by atoms with van der Waals surface area (Å²) in [5, 5.41) is 14.7. The van der Waals surface area contributed by atoms with Crippen molar-refractivity contribution in [3.63, 3.8) is 0 Å². The van der Waals surface area contributed by atoms with Crippen molar-refractivity contribution in [2.45, 2.75) is 13.0 Å². The van der Waals surface area contributed by atoms with Gasteiger partial charge in [0.15, 0.2) is 0 Å². The van der Waals surface area contributed by atoms with Gasteiger partial charge in [-0.25, -0.2) is 4.98 Å². The lowest BCUT2D eigenvalue weighted by Gasteiger charge is -2.38. The number of hydrogen-bond donors (Lipinski definition) is 0. The number of aromatic nitrogens is 1. The third kappa shape index (κ3) is 3.46. The maximum absolute atomic E-state index is 11.2. The van der Waals surface area contributed by atoms with Gasteiger partial charge < -0.3 is 4.90 Å². The van der Waals surface area contributed by atoms with Crippen LogP contribution in [0.1, 0.15) is 18.0 Å². The Morgan fingerprint density at radius 1 is 1.35 bits per heavy atom. The zero-order chi connectivity index (χ0) is 16.4. The van der Waals surface area contributed by atoms with Gasteiger partial charge in [-0.3, -0.25) is 15.0 Å². The highest BCUT2D eigenvalue weighted by atomic mass is 35.5. The SMILES string of the molecule is CC(c1nccs1)N1CCN(c2ccc(Cl)cc2[N+](=O)[O-])CC1. The number of nitrogens with zero attached hydrogens (tertiary/aromatic N) is 4. The van der Waals surface area contributed by atoms with E-state index in [4.69, 9.17) is 11.6 Å². The average Bonchev–Trinajstić information content (AvgIpc) is 3.09. The van der Waals surface area contributed by atoms with Crippen LogP contribution in [0, 0.1) is 10.1 Å². The summed E-state index contributed by atoms with van der Waals surface area (Å²) in [6, 6.07) is 5.13. The maximum Gasteiger partial charge on any atom is 0.294 e. The summed E-state index contributed by atoms with van der Waals surface area (Å²) in [6.45, 7) is 5.34. The van der Waals surface area contributed by atoms with Gasteiger partial charge in [-0.15, -0.1) is 11.3 Å². The Balaban J connectivity index is 1.71. The predicted molar refractivity (Wildman–Crippen MR) is 92.4 cm³/mol. The van der Waals surface area contributed by atoms with E-state index in [2.05, 4.69) is 21.7 Å². The van der Waals surface area contributed by atoms with E-state index < -0.39 is 0 Å². The number of anilines is 1. The normalized spacial score (nSPS) is 17.2. The fraction of sp³-hybridized carbons (Fsp3) is 0.400. The Labute approximate surface area is 143 Å². The predicted octanol–water partition coefficient (Wildman–Crippen LogP) is 3.59.